The summed E-state index contributed by atoms with van der Waals surface area (Å²) in [6.45, 7) is 4.13. The molecule has 2 atom stereocenters. The predicted octanol–water partition coefficient (Wildman–Crippen LogP) is 0.339. The first-order valence-corrected chi connectivity index (χ1v) is 4.79. The van der Waals surface area contributed by atoms with E-state index in [1.165, 1.54) is 0 Å². The molecule has 1 fully saturated rings. The summed E-state index contributed by atoms with van der Waals surface area (Å²) < 4.78 is 4.57. The highest BCUT2D eigenvalue weighted by Gasteiger charge is 2.32. The molecule has 0 aromatic heterocycles. The molecule has 5 nitrogen and oxygen atoms in total. The van der Waals surface area contributed by atoms with Crippen LogP contribution in [0.1, 0.15) is 20.3 Å². The first-order chi connectivity index (χ1) is 6.56. The molecule has 0 aromatic rings. The van der Waals surface area contributed by atoms with Gasteiger partial charge in [-0.05, 0) is 5.92 Å². The van der Waals surface area contributed by atoms with E-state index in [4.69, 9.17) is 5.73 Å². The highest BCUT2D eigenvalue weighted by atomic mass is 16.6. The molecule has 5 heteroatoms. The first kappa shape index (κ1) is 11.0. The van der Waals surface area contributed by atoms with E-state index in [0.717, 1.165) is 11.3 Å². The van der Waals surface area contributed by atoms with Crippen LogP contribution in [0.15, 0.2) is 0 Å². The Bertz CT molecular complexity index is 226. The average molecular weight is 200 g/mol. The van der Waals surface area contributed by atoms with Crippen molar-refractivity contribution < 1.29 is 14.3 Å². The molecule has 1 heterocycles. The van der Waals surface area contributed by atoms with Crippen LogP contribution in [0, 0.1) is 5.92 Å². The molecule has 0 saturated carbocycles. The normalized spacial score (nSPS) is 20.9. The van der Waals surface area contributed by atoms with Crippen LogP contribution in [0.3, 0.4) is 0 Å². The minimum Gasteiger partial charge on any atom is -0.439 e. The number of amides is 2. The second-order valence-corrected chi connectivity index (χ2v) is 3.61. The van der Waals surface area contributed by atoms with Crippen molar-refractivity contribution in [3.63, 3.8) is 0 Å². The molecule has 14 heavy (non-hydrogen) atoms. The third-order valence-corrected chi connectivity index (χ3v) is 2.61. The van der Waals surface area contributed by atoms with Crippen LogP contribution >= 0.6 is 0 Å². The van der Waals surface area contributed by atoms with E-state index in [-0.39, 0.29) is 31.0 Å². The molecule has 1 saturated heterocycles. The number of hydrogen-bond acceptors (Lipinski definition) is 4. The summed E-state index contributed by atoms with van der Waals surface area (Å²) in [7, 11) is 0. The van der Waals surface area contributed by atoms with Crippen molar-refractivity contribution >= 4 is 12.0 Å². The van der Waals surface area contributed by atoms with E-state index >= 15 is 0 Å². The van der Waals surface area contributed by atoms with Crippen LogP contribution < -0.4 is 5.73 Å². The van der Waals surface area contributed by atoms with Crippen molar-refractivity contribution in [3.8, 4) is 0 Å². The summed E-state index contributed by atoms with van der Waals surface area (Å²) in [4.78, 5) is 23.3. The number of nitrogens with two attached hydrogens (primary N) is 1. The SMILES string of the molecule is CC[C@H](C)[C@@H](N)CN1C(=O)COC1=O. The lowest BCUT2D eigenvalue weighted by molar-refractivity contribution is -0.126. The molecule has 0 unspecified atom stereocenters. The summed E-state index contributed by atoms with van der Waals surface area (Å²) in [5.74, 6) is -0.00930. The van der Waals surface area contributed by atoms with Gasteiger partial charge >= 0.3 is 6.09 Å². The molecule has 80 valence electrons. The highest BCUT2D eigenvalue weighted by molar-refractivity contribution is 5.97. The smallest absolute Gasteiger partial charge is 0.417 e. The van der Waals surface area contributed by atoms with Gasteiger partial charge in [0.25, 0.3) is 5.91 Å². The van der Waals surface area contributed by atoms with E-state index in [2.05, 4.69) is 4.74 Å². The first-order valence-electron chi connectivity index (χ1n) is 4.79. The monoisotopic (exact) mass is 200 g/mol. The molecule has 0 bridgehead atoms. The van der Waals surface area contributed by atoms with Gasteiger partial charge in [-0.3, -0.25) is 4.79 Å². The number of cyclic esters (lactones) is 1. The van der Waals surface area contributed by atoms with Crippen molar-refractivity contribution in [2.45, 2.75) is 26.3 Å². The topological polar surface area (TPSA) is 72.6 Å². The number of ether oxygens (including phenoxy) is 1. The van der Waals surface area contributed by atoms with E-state index in [9.17, 15) is 9.59 Å². The molecular weight excluding hydrogens is 184 g/mol. The second kappa shape index (κ2) is 4.41. The summed E-state index contributed by atoms with van der Waals surface area (Å²) in [6.07, 6.45) is 0.354. The van der Waals surface area contributed by atoms with Crippen molar-refractivity contribution in [2.24, 2.45) is 11.7 Å². The third kappa shape index (κ3) is 2.23. The van der Waals surface area contributed by atoms with Gasteiger partial charge in [-0.2, -0.15) is 0 Å². The van der Waals surface area contributed by atoms with Gasteiger partial charge in [-0.15, -0.1) is 0 Å². The molecule has 1 aliphatic heterocycles. The van der Waals surface area contributed by atoms with Gasteiger partial charge in [0, 0.05) is 12.6 Å². The Labute approximate surface area is 83.2 Å². The number of carbonyl (C=O) groups excluding carboxylic acids is 2. The van der Waals surface area contributed by atoms with E-state index in [1.807, 2.05) is 13.8 Å². The van der Waals surface area contributed by atoms with E-state index in [1.54, 1.807) is 0 Å². The molecule has 0 spiro atoms. The van der Waals surface area contributed by atoms with Crippen LogP contribution in [0.25, 0.3) is 0 Å². The molecule has 2 N–H and O–H groups in total. The lowest BCUT2D eigenvalue weighted by Crippen LogP contribution is -2.43. The standard InChI is InChI=1S/C9H16N2O3/c1-3-6(2)7(10)4-11-8(12)5-14-9(11)13/h6-7H,3-5,10H2,1-2H3/t6-,7-/m0/s1. The van der Waals surface area contributed by atoms with Crippen molar-refractivity contribution in [1.29, 1.82) is 0 Å². The second-order valence-electron chi connectivity index (χ2n) is 3.61. The summed E-state index contributed by atoms with van der Waals surface area (Å²) >= 11 is 0. The minimum atomic E-state index is -0.575. The Morgan fingerprint density at radius 2 is 2.21 bits per heavy atom. The zero-order valence-corrected chi connectivity index (χ0v) is 8.53. The maximum absolute atomic E-state index is 11.2. The lowest BCUT2D eigenvalue weighted by Gasteiger charge is -2.21. The predicted molar refractivity (Wildman–Crippen MR) is 50.5 cm³/mol. The van der Waals surface area contributed by atoms with Gasteiger partial charge < -0.3 is 10.5 Å². The van der Waals surface area contributed by atoms with Crippen LogP contribution in [0.2, 0.25) is 0 Å². The van der Waals surface area contributed by atoms with Crippen molar-refractivity contribution in [2.75, 3.05) is 13.2 Å². The van der Waals surface area contributed by atoms with Crippen molar-refractivity contribution in [3.05, 3.63) is 0 Å². The Kier molecular flexibility index (Phi) is 3.46. The molecule has 1 aliphatic rings. The zero-order valence-electron chi connectivity index (χ0n) is 8.53. The summed E-state index contributed by atoms with van der Waals surface area (Å²) in [5.41, 5.74) is 5.83. The number of carbonyl (C=O) groups is 2. The van der Waals surface area contributed by atoms with Gasteiger partial charge in [0.05, 0.1) is 0 Å². The lowest BCUT2D eigenvalue weighted by atomic mass is 10.00. The van der Waals surface area contributed by atoms with Crippen LogP contribution in [-0.2, 0) is 9.53 Å². The van der Waals surface area contributed by atoms with Crippen LogP contribution in [0.5, 0.6) is 0 Å². The molecule has 0 aliphatic carbocycles. The average Bonchev–Trinajstić information content (AvgIpc) is 2.48. The fourth-order valence-corrected chi connectivity index (χ4v) is 1.25. The largest absolute Gasteiger partial charge is 0.439 e. The fourth-order valence-electron chi connectivity index (χ4n) is 1.25. The minimum absolute atomic E-state index is 0.147. The molecular formula is C9H16N2O3. The Morgan fingerprint density at radius 3 is 2.64 bits per heavy atom. The molecule has 1 rings (SSSR count). The number of nitrogens with zero attached hydrogens (tertiary/aromatic N) is 1. The maximum Gasteiger partial charge on any atom is 0.417 e. The van der Waals surface area contributed by atoms with Crippen molar-refractivity contribution in [1.82, 2.24) is 4.90 Å². The number of imide groups is 1. The summed E-state index contributed by atoms with van der Waals surface area (Å²) in [5, 5.41) is 0. The Morgan fingerprint density at radius 1 is 1.57 bits per heavy atom. The molecule has 0 radical (unpaired) electrons. The number of rotatable bonds is 4. The van der Waals surface area contributed by atoms with Crippen LogP contribution in [0.4, 0.5) is 4.79 Å². The highest BCUT2D eigenvalue weighted by Crippen LogP contribution is 2.11. The van der Waals surface area contributed by atoms with Crippen LogP contribution in [-0.4, -0.2) is 36.1 Å². The van der Waals surface area contributed by atoms with E-state index in [0.29, 0.717) is 0 Å². The number of hydrogen-bond donors (Lipinski definition) is 1. The maximum atomic E-state index is 11.2. The molecule has 0 aromatic carbocycles. The molecule has 2 amide bonds. The summed E-state index contributed by atoms with van der Waals surface area (Å²) in [6, 6.07) is -0.172. The van der Waals surface area contributed by atoms with Gasteiger partial charge in [-0.1, -0.05) is 20.3 Å². The zero-order chi connectivity index (χ0) is 10.7. The van der Waals surface area contributed by atoms with Gasteiger partial charge in [-0.25, -0.2) is 9.69 Å². The fraction of sp³-hybridized carbons (Fsp3) is 0.778. The van der Waals surface area contributed by atoms with Gasteiger partial charge in [0.2, 0.25) is 0 Å². The van der Waals surface area contributed by atoms with E-state index < -0.39 is 6.09 Å². The van der Waals surface area contributed by atoms with Gasteiger partial charge in [0.1, 0.15) is 0 Å². The third-order valence-electron chi connectivity index (χ3n) is 2.61. The Balaban J connectivity index is 2.50. The Hall–Kier alpha value is -1.10. The van der Waals surface area contributed by atoms with Gasteiger partial charge in [0.15, 0.2) is 6.61 Å². The quantitative estimate of drug-likeness (QED) is 0.710.